The fourth-order valence-electron chi connectivity index (χ4n) is 2.06. The number of aromatic nitrogens is 2. The number of ether oxygens (including phenoxy) is 1. The summed E-state index contributed by atoms with van der Waals surface area (Å²) < 4.78 is 11.2. The standard InChI is InChI=1S/C17H15ClN2O3/c1-11(21)12-4-3-7-15(9-12)22-10-16-19-20-17(23-16)13-5-2-6-14(18)8-13/h2-9,11,21H,10H2,1H3. The normalized spacial score (nSPS) is 12.1. The highest BCUT2D eigenvalue weighted by molar-refractivity contribution is 6.30. The lowest BCUT2D eigenvalue weighted by Crippen LogP contribution is -1.97. The lowest BCUT2D eigenvalue weighted by atomic mass is 10.1. The van der Waals surface area contributed by atoms with E-state index >= 15 is 0 Å². The van der Waals surface area contributed by atoms with E-state index in [2.05, 4.69) is 10.2 Å². The summed E-state index contributed by atoms with van der Waals surface area (Å²) in [5.74, 6) is 1.39. The van der Waals surface area contributed by atoms with Crippen molar-refractivity contribution in [2.24, 2.45) is 0 Å². The molecule has 0 saturated heterocycles. The van der Waals surface area contributed by atoms with E-state index < -0.39 is 6.10 Å². The minimum Gasteiger partial charge on any atom is -0.484 e. The first-order valence-electron chi connectivity index (χ1n) is 7.11. The van der Waals surface area contributed by atoms with Crippen molar-refractivity contribution in [1.82, 2.24) is 10.2 Å². The molecule has 0 aliphatic heterocycles. The van der Waals surface area contributed by atoms with E-state index in [0.717, 1.165) is 11.1 Å². The van der Waals surface area contributed by atoms with Crippen molar-refractivity contribution in [2.75, 3.05) is 0 Å². The van der Waals surface area contributed by atoms with Crippen LogP contribution in [0.2, 0.25) is 5.02 Å². The molecule has 2 aromatic carbocycles. The smallest absolute Gasteiger partial charge is 0.254 e. The second-order valence-electron chi connectivity index (χ2n) is 5.05. The number of hydrogen-bond acceptors (Lipinski definition) is 5. The van der Waals surface area contributed by atoms with Crippen molar-refractivity contribution < 1.29 is 14.3 Å². The summed E-state index contributed by atoms with van der Waals surface area (Å²) in [6, 6.07) is 14.4. The number of aliphatic hydroxyl groups is 1. The van der Waals surface area contributed by atoms with Gasteiger partial charge in [0.05, 0.1) is 6.10 Å². The van der Waals surface area contributed by atoms with E-state index in [4.69, 9.17) is 20.8 Å². The molecule has 0 fully saturated rings. The Bertz CT molecular complexity index is 802. The molecule has 6 heteroatoms. The van der Waals surface area contributed by atoms with Crippen molar-refractivity contribution in [3.05, 3.63) is 65.0 Å². The molecule has 1 N–H and O–H groups in total. The Morgan fingerprint density at radius 3 is 2.78 bits per heavy atom. The van der Waals surface area contributed by atoms with Gasteiger partial charge in [0.2, 0.25) is 5.89 Å². The summed E-state index contributed by atoms with van der Waals surface area (Å²) in [4.78, 5) is 0. The molecule has 1 aromatic heterocycles. The Labute approximate surface area is 138 Å². The van der Waals surface area contributed by atoms with Crippen LogP contribution in [0.5, 0.6) is 5.75 Å². The number of rotatable bonds is 5. The highest BCUT2D eigenvalue weighted by Gasteiger charge is 2.10. The predicted octanol–water partition coefficient (Wildman–Crippen LogP) is 4.02. The van der Waals surface area contributed by atoms with Crippen LogP contribution < -0.4 is 4.74 Å². The summed E-state index contributed by atoms with van der Waals surface area (Å²) in [5, 5.41) is 18.1. The zero-order valence-electron chi connectivity index (χ0n) is 12.4. The Hall–Kier alpha value is -2.37. The third-order valence-electron chi connectivity index (χ3n) is 3.24. The highest BCUT2D eigenvalue weighted by atomic mass is 35.5. The Morgan fingerprint density at radius 2 is 2.00 bits per heavy atom. The number of nitrogens with zero attached hydrogens (tertiary/aromatic N) is 2. The first kappa shape index (κ1) is 15.5. The second kappa shape index (κ2) is 6.81. The topological polar surface area (TPSA) is 68.4 Å². The number of halogens is 1. The Kier molecular flexibility index (Phi) is 4.60. The highest BCUT2D eigenvalue weighted by Crippen LogP contribution is 2.23. The minimum atomic E-state index is -0.545. The molecule has 1 unspecified atom stereocenters. The number of hydrogen-bond donors (Lipinski definition) is 1. The van der Waals surface area contributed by atoms with Crippen LogP contribution in [0, 0.1) is 0 Å². The van der Waals surface area contributed by atoms with Crippen molar-refractivity contribution in [1.29, 1.82) is 0 Å². The van der Waals surface area contributed by atoms with Gasteiger partial charge in [-0.3, -0.25) is 0 Å². The van der Waals surface area contributed by atoms with E-state index in [9.17, 15) is 5.11 Å². The molecule has 5 nitrogen and oxygen atoms in total. The zero-order chi connectivity index (χ0) is 16.2. The van der Waals surface area contributed by atoms with Crippen LogP contribution in [-0.2, 0) is 6.61 Å². The molecule has 0 saturated carbocycles. The van der Waals surface area contributed by atoms with Gasteiger partial charge in [0.1, 0.15) is 5.75 Å². The summed E-state index contributed by atoms with van der Waals surface area (Å²) in [6.45, 7) is 1.85. The maximum atomic E-state index is 9.58. The first-order chi connectivity index (χ1) is 11.1. The maximum Gasteiger partial charge on any atom is 0.254 e. The van der Waals surface area contributed by atoms with Crippen LogP contribution >= 0.6 is 11.6 Å². The van der Waals surface area contributed by atoms with E-state index in [1.807, 2.05) is 24.3 Å². The van der Waals surface area contributed by atoms with Crippen LogP contribution in [0.4, 0.5) is 0 Å². The van der Waals surface area contributed by atoms with Crippen LogP contribution in [0.1, 0.15) is 24.5 Å². The minimum absolute atomic E-state index is 0.150. The van der Waals surface area contributed by atoms with Gasteiger partial charge in [-0.1, -0.05) is 29.8 Å². The van der Waals surface area contributed by atoms with Gasteiger partial charge in [-0.25, -0.2) is 0 Å². The summed E-state index contributed by atoms with van der Waals surface area (Å²) >= 11 is 5.95. The Balaban J connectivity index is 1.69. The summed E-state index contributed by atoms with van der Waals surface area (Å²) in [5.41, 5.74) is 1.54. The summed E-state index contributed by atoms with van der Waals surface area (Å²) in [7, 11) is 0. The summed E-state index contributed by atoms with van der Waals surface area (Å²) in [6.07, 6.45) is -0.545. The van der Waals surface area contributed by atoms with Gasteiger partial charge in [-0.2, -0.15) is 0 Å². The van der Waals surface area contributed by atoms with Gasteiger partial charge < -0.3 is 14.3 Å². The quantitative estimate of drug-likeness (QED) is 0.765. The molecular weight excluding hydrogens is 316 g/mol. The van der Waals surface area contributed by atoms with Gasteiger partial charge in [0.25, 0.3) is 5.89 Å². The van der Waals surface area contributed by atoms with Crippen LogP contribution in [0.3, 0.4) is 0 Å². The van der Waals surface area contributed by atoms with Gasteiger partial charge in [0, 0.05) is 10.6 Å². The fraction of sp³-hybridized carbons (Fsp3) is 0.176. The van der Waals surface area contributed by atoms with Gasteiger partial charge in [-0.05, 0) is 42.8 Å². The molecule has 3 rings (SSSR count). The van der Waals surface area contributed by atoms with Crippen molar-refractivity contribution >= 4 is 11.6 Å². The van der Waals surface area contributed by atoms with E-state index in [1.165, 1.54) is 0 Å². The average Bonchev–Trinajstić information content (AvgIpc) is 3.02. The molecule has 1 heterocycles. The van der Waals surface area contributed by atoms with Gasteiger partial charge in [-0.15, -0.1) is 10.2 Å². The zero-order valence-corrected chi connectivity index (χ0v) is 13.2. The van der Waals surface area contributed by atoms with Crippen LogP contribution in [0.25, 0.3) is 11.5 Å². The fourth-order valence-corrected chi connectivity index (χ4v) is 2.25. The van der Waals surface area contributed by atoms with E-state index in [1.54, 1.807) is 31.2 Å². The SMILES string of the molecule is CC(O)c1cccc(OCc2nnc(-c3cccc(Cl)c3)o2)c1. The van der Waals surface area contributed by atoms with Crippen LogP contribution in [-0.4, -0.2) is 15.3 Å². The average molecular weight is 331 g/mol. The van der Waals surface area contributed by atoms with Crippen molar-refractivity contribution in [3.8, 4) is 17.2 Å². The molecule has 0 bridgehead atoms. The third kappa shape index (κ3) is 3.88. The monoisotopic (exact) mass is 330 g/mol. The molecular formula is C17H15ClN2O3. The molecule has 23 heavy (non-hydrogen) atoms. The molecule has 0 spiro atoms. The molecule has 0 aliphatic carbocycles. The Morgan fingerprint density at radius 1 is 1.17 bits per heavy atom. The third-order valence-corrected chi connectivity index (χ3v) is 3.48. The largest absolute Gasteiger partial charge is 0.484 e. The lowest BCUT2D eigenvalue weighted by molar-refractivity contribution is 0.198. The molecule has 3 aromatic rings. The number of aliphatic hydroxyl groups excluding tert-OH is 1. The van der Waals surface area contributed by atoms with E-state index in [0.29, 0.717) is 22.6 Å². The number of benzene rings is 2. The van der Waals surface area contributed by atoms with Crippen molar-refractivity contribution in [3.63, 3.8) is 0 Å². The van der Waals surface area contributed by atoms with E-state index in [-0.39, 0.29) is 6.61 Å². The van der Waals surface area contributed by atoms with Gasteiger partial charge in [0.15, 0.2) is 6.61 Å². The molecule has 0 radical (unpaired) electrons. The first-order valence-corrected chi connectivity index (χ1v) is 7.49. The molecule has 1 atom stereocenters. The predicted molar refractivity (Wildman–Crippen MR) is 86.2 cm³/mol. The molecule has 0 aliphatic rings. The maximum absolute atomic E-state index is 9.58. The lowest BCUT2D eigenvalue weighted by Gasteiger charge is -2.07. The van der Waals surface area contributed by atoms with Crippen LogP contribution in [0.15, 0.2) is 52.9 Å². The van der Waals surface area contributed by atoms with Crippen molar-refractivity contribution in [2.45, 2.75) is 19.6 Å². The molecule has 118 valence electrons. The second-order valence-corrected chi connectivity index (χ2v) is 5.48. The van der Waals surface area contributed by atoms with Gasteiger partial charge >= 0.3 is 0 Å². The molecule has 0 amide bonds.